The number of hydrogen-bond donors (Lipinski definition) is 2. The molecular weight excluding hydrogens is 156 g/mol. The molecule has 0 amide bonds. The molecule has 6 heteroatoms. The average molecular weight is 168 g/mol. The van der Waals surface area contributed by atoms with E-state index in [0.717, 1.165) is 6.42 Å². The van der Waals surface area contributed by atoms with Crippen molar-refractivity contribution in [2.75, 3.05) is 13.7 Å². The zero-order valence-electron chi connectivity index (χ0n) is 6.05. The van der Waals surface area contributed by atoms with E-state index in [4.69, 9.17) is 0 Å². The van der Waals surface area contributed by atoms with Crippen molar-refractivity contribution >= 4 is 10.2 Å². The number of rotatable bonds is 5. The monoisotopic (exact) mass is 168 g/mol. The second kappa shape index (κ2) is 4.62. The summed E-state index contributed by atoms with van der Waals surface area (Å²) in [5, 5.41) is 0. The molecule has 0 spiro atoms. The Bertz CT molecular complexity index is 165. The Balaban J connectivity index is 3.65. The molecule has 0 aliphatic rings. The molecule has 5 nitrogen and oxygen atoms in total. The molecule has 0 saturated carbocycles. The Morgan fingerprint density at radius 2 is 2.10 bits per heavy atom. The van der Waals surface area contributed by atoms with Crippen LogP contribution in [0.4, 0.5) is 0 Å². The van der Waals surface area contributed by atoms with Crippen LogP contribution in [0.3, 0.4) is 0 Å². The summed E-state index contributed by atoms with van der Waals surface area (Å²) in [7, 11) is -2.17. The van der Waals surface area contributed by atoms with Crippen LogP contribution in [0, 0.1) is 0 Å². The molecule has 0 aromatic carbocycles. The van der Waals surface area contributed by atoms with Crippen LogP contribution in [0.15, 0.2) is 0 Å². The molecule has 62 valence electrons. The lowest BCUT2D eigenvalue weighted by molar-refractivity contribution is 0.152. The van der Waals surface area contributed by atoms with Crippen molar-refractivity contribution in [1.29, 1.82) is 0 Å². The normalized spacial score (nSPS) is 11.8. The molecule has 0 aliphatic carbocycles. The first-order chi connectivity index (χ1) is 4.62. The van der Waals surface area contributed by atoms with Crippen LogP contribution in [0.25, 0.3) is 0 Å². The average Bonchev–Trinajstić information content (AvgIpc) is 1.84. The van der Waals surface area contributed by atoms with Crippen LogP contribution in [-0.2, 0) is 15.0 Å². The van der Waals surface area contributed by atoms with Gasteiger partial charge in [-0.25, -0.2) is 4.72 Å². The molecular formula is C4H12N2O3S. The van der Waals surface area contributed by atoms with E-state index < -0.39 is 10.2 Å². The molecule has 0 aromatic heterocycles. The predicted octanol–water partition coefficient (Wildman–Crippen LogP) is -0.618. The van der Waals surface area contributed by atoms with Gasteiger partial charge in [0.15, 0.2) is 0 Å². The molecule has 0 heterocycles. The molecule has 0 unspecified atom stereocenters. The van der Waals surface area contributed by atoms with Crippen LogP contribution in [0.2, 0.25) is 0 Å². The van der Waals surface area contributed by atoms with E-state index in [1.54, 1.807) is 0 Å². The second-order valence-corrected chi connectivity index (χ2v) is 3.15. The van der Waals surface area contributed by atoms with Crippen LogP contribution >= 0.6 is 0 Å². The van der Waals surface area contributed by atoms with Crippen molar-refractivity contribution in [3.05, 3.63) is 0 Å². The van der Waals surface area contributed by atoms with Crippen LogP contribution < -0.4 is 9.61 Å². The Labute approximate surface area is 60.9 Å². The van der Waals surface area contributed by atoms with Crippen molar-refractivity contribution in [3.63, 3.8) is 0 Å². The second-order valence-electron chi connectivity index (χ2n) is 1.69. The minimum Gasteiger partial charge on any atom is -0.289 e. The van der Waals surface area contributed by atoms with Gasteiger partial charge in [0.1, 0.15) is 0 Å². The highest BCUT2D eigenvalue weighted by Gasteiger charge is 2.04. The molecule has 0 fully saturated rings. The lowest BCUT2D eigenvalue weighted by atomic mass is 10.5. The van der Waals surface area contributed by atoms with Crippen LogP contribution in [-0.4, -0.2) is 22.1 Å². The van der Waals surface area contributed by atoms with E-state index in [0.29, 0.717) is 6.54 Å². The van der Waals surface area contributed by atoms with Gasteiger partial charge in [-0.05, 0) is 6.42 Å². The van der Waals surface area contributed by atoms with Crippen molar-refractivity contribution in [2.24, 2.45) is 0 Å². The Kier molecular flexibility index (Phi) is 4.54. The van der Waals surface area contributed by atoms with Gasteiger partial charge in [0.05, 0.1) is 7.11 Å². The van der Waals surface area contributed by atoms with Gasteiger partial charge in [0, 0.05) is 6.54 Å². The third-order valence-electron chi connectivity index (χ3n) is 0.735. The Morgan fingerprint density at radius 1 is 1.50 bits per heavy atom. The summed E-state index contributed by atoms with van der Waals surface area (Å²) in [6.45, 7) is 2.29. The van der Waals surface area contributed by atoms with Gasteiger partial charge in [-0.15, -0.1) is 0 Å². The smallest absolute Gasteiger partial charge is 0.289 e. The maximum Gasteiger partial charge on any atom is 0.299 e. The van der Waals surface area contributed by atoms with Crippen LogP contribution in [0.5, 0.6) is 0 Å². The summed E-state index contributed by atoms with van der Waals surface area (Å²) in [5.74, 6) is 0. The van der Waals surface area contributed by atoms with E-state index in [1.807, 2.05) is 11.8 Å². The highest BCUT2D eigenvalue weighted by atomic mass is 32.2. The zero-order valence-corrected chi connectivity index (χ0v) is 6.86. The minimum absolute atomic E-state index is 0.415. The molecule has 0 aliphatic heterocycles. The fraction of sp³-hybridized carbons (Fsp3) is 1.00. The standard InChI is InChI=1S/C4H12N2O3S/c1-3-4-5-10(7,8)6-9-2/h5-6H,3-4H2,1-2H3. The molecule has 2 N–H and O–H groups in total. The summed E-state index contributed by atoms with van der Waals surface area (Å²) >= 11 is 0. The summed E-state index contributed by atoms with van der Waals surface area (Å²) in [5.41, 5.74) is 0. The fourth-order valence-electron chi connectivity index (χ4n) is 0.376. The predicted molar refractivity (Wildman–Crippen MR) is 37.4 cm³/mol. The molecule has 0 bridgehead atoms. The van der Waals surface area contributed by atoms with Gasteiger partial charge < -0.3 is 0 Å². The minimum atomic E-state index is -3.42. The fourth-order valence-corrected chi connectivity index (χ4v) is 1.13. The van der Waals surface area contributed by atoms with E-state index in [9.17, 15) is 8.42 Å². The summed E-state index contributed by atoms with van der Waals surface area (Å²) in [6, 6.07) is 0. The van der Waals surface area contributed by atoms with Crippen molar-refractivity contribution < 1.29 is 13.3 Å². The summed E-state index contributed by atoms with van der Waals surface area (Å²) in [4.78, 5) is 6.02. The maximum absolute atomic E-state index is 10.6. The van der Waals surface area contributed by atoms with Gasteiger partial charge in [-0.1, -0.05) is 11.8 Å². The van der Waals surface area contributed by atoms with E-state index >= 15 is 0 Å². The maximum atomic E-state index is 10.6. The van der Waals surface area contributed by atoms with Gasteiger partial charge >= 0.3 is 0 Å². The number of nitrogens with one attached hydrogen (secondary N) is 2. The quantitative estimate of drug-likeness (QED) is 0.538. The highest BCUT2D eigenvalue weighted by molar-refractivity contribution is 7.87. The molecule has 10 heavy (non-hydrogen) atoms. The molecule has 0 radical (unpaired) electrons. The molecule has 0 saturated heterocycles. The number of hydrogen-bond acceptors (Lipinski definition) is 3. The summed E-state index contributed by atoms with van der Waals surface area (Å²) < 4.78 is 23.5. The first kappa shape index (κ1) is 9.83. The first-order valence-electron chi connectivity index (χ1n) is 2.91. The molecule has 0 rings (SSSR count). The topological polar surface area (TPSA) is 67.4 Å². The lowest BCUT2D eigenvalue weighted by Crippen LogP contribution is -2.36. The Morgan fingerprint density at radius 3 is 2.50 bits per heavy atom. The van der Waals surface area contributed by atoms with Gasteiger partial charge in [0.25, 0.3) is 10.2 Å². The zero-order chi connectivity index (χ0) is 8.04. The van der Waals surface area contributed by atoms with E-state index in [-0.39, 0.29) is 0 Å². The Hall–Kier alpha value is -0.170. The van der Waals surface area contributed by atoms with Crippen molar-refractivity contribution in [3.8, 4) is 0 Å². The van der Waals surface area contributed by atoms with Gasteiger partial charge in [0.2, 0.25) is 0 Å². The molecule has 0 atom stereocenters. The highest BCUT2D eigenvalue weighted by Crippen LogP contribution is 1.77. The lowest BCUT2D eigenvalue weighted by Gasteiger charge is -2.03. The summed E-state index contributed by atoms with van der Waals surface area (Å²) in [6.07, 6.45) is 0.755. The van der Waals surface area contributed by atoms with Crippen LogP contribution in [0.1, 0.15) is 13.3 Å². The van der Waals surface area contributed by atoms with E-state index in [2.05, 4.69) is 9.56 Å². The third kappa shape index (κ3) is 4.68. The third-order valence-corrected chi connectivity index (χ3v) is 1.71. The van der Waals surface area contributed by atoms with Gasteiger partial charge in [-0.2, -0.15) is 8.42 Å². The largest absolute Gasteiger partial charge is 0.299 e. The van der Waals surface area contributed by atoms with E-state index in [1.165, 1.54) is 7.11 Å². The van der Waals surface area contributed by atoms with Gasteiger partial charge in [-0.3, -0.25) is 4.84 Å². The van der Waals surface area contributed by atoms with Crippen molar-refractivity contribution in [1.82, 2.24) is 9.61 Å². The molecule has 0 aromatic rings. The first-order valence-corrected chi connectivity index (χ1v) is 4.40. The van der Waals surface area contributed by atoms with Crippen molar-refractivity contribution in [2.45, 2.75) is 13.3 Å². The SMILES string of the molecule is CCCNS(=O)(=O)NOC.